The molecular weight excluding hydrogens is 346 g/mol. The Hall–Kier alpha value is -1.77. The molecule has 1 aliphatic rings. The molecule has 0 amide bonds. The van der Waals surface area contributed by atoms with Gasteiger partial charge in [0.25, 0.3) is 0 Å². The molecule has 2 aromatic rings. The average Bonchev–Trinajstić information content (AvgIpc) is 2.67. The number of aryl methyl sites for hydroxylation is 1. The number of benzene rings is 2. The number of nitrogens with zero attached hydrogens (tertiary/aromatic N) is 1. The number of hydrogen-bond acceptors (Lipinski definition) is 1. The Balaban J connectivity index is 0.00000261. The summed E-state index contributed by atoms with van der Waals surface area (Å²) in [4.78, 5) is 2.74. The lowest BCUT2D eigenvalue weighted by atomic mass is 9.95. The van der Waals surface area contributed by atoms with Gasteiger partial charge in [0.2, 0.25) is 0 Å². The van der Waals surface area contributed by atoms with Crippen LogP contribution in [0.1, 0.15) is 44.4 Å². The van der Waals surface area contributed by atoms with E-state index >= 15 is 0 Å². The van der Waals surface area contributed by atoms with Crippen molar-refractivity contribution in [2.45, 2.75) is 44.4 Å². The molecule has 2 heteroatoms. The highest BCUT2D eigenvalue weighted by Crippen LogP contribution is 2.45. The van der Waals surface area contributed by atoms with Gasteiger partial charge in [-0.3, -0.25) is 0 Å². The minimum absolute atomic E-state index is 0. The number of hydrogen-bond donors (Lipinski definition) is 0. The van der Waals surface area contributed by atoms with Crippen molar-refractivity contribution in [3.05, 3.63) is 77.9 Å². The minimum atomic E-state index is 0. The summed E-state index contributed by atoms with van der Waals surface area (Å²) in [7, 11) is 0. The van der Waals surface area contributed by atoms with Gasteiger partial charge >= 0.3 is 0 Å². The van der Waals surface area contributed by atoms with Crippen molar-refractivity contribution in [1.82, 2.24) is 0 Å². The van der Waals surface area contributed by atoms with Gasteiger partial charge in [0.1, 0.15) is 0 Å². The Kier molecular flexibility index (Phi) is 7.52. The molecule has 0 aliphatic carbocycles. The molecule has 144 valence electrons. The highest BCUT2D eigenvalue weighted by atomic mass is 32.2. The van der Waals surface area contributed by atoms with Crippen LogP contribution in [0.4, 0.5) is 0 Å². The van der Waals surface area contributed by atoms with E-state index in [4.69, 9.17) is 0 Å². The third-order valence-electron chi connectivity index (χ3n) is 5.63. The van der Waals surface area contributed by atoms with E-state index in [1.54, 1.807) is 0 Å². The van der Waals surface area contributed by atoms with Crippen LogP contribution in [0.2, 0.25) is 0 Å². The zero-order valence-electron chi connectivity index (χ0n) is 16.3. The monoisotopic (exact) mass is 380 g/mol. The van der Waals surface area contributed by atoms with Crippen molar-refractivity contribution in [3.8, 4) is 0 Å². The van der Waals surface area contributed by atoms with E-state index in [1.165, 1.54) is 38.6 Å². The zero-order chi connectivity index (χ0) is 18.6. The maximum absolute atomic E-state index is 3.97. The predicted molar refractivity (Wildman–Crippen MR) is 121 cm³/mol. The van der Waals surface area contributed by atoms with E-state index < -0.39 is 0 Å². The molecule has 0 N–H and O–H groups in total. The number of fused-ring (bicyclic) bond motifs is 2. The standard InChI is InChI=1S/C24H30NS.CH4/c1-5-16-25(6-2,7-3)17-10-12-20-21-11-8-9-13-23(21)26-24-15-14-19(4)18-22(20)24;/h5,8-9,11-15,18H,1,6-7,10,16-17H2,2-4H3;1H4/q+1;/b20-12-;. The van der Waals surface area contributed by atoms with Gasteiger partial charge in [-0.1, -0.05) is 67.7 Å². The van der Waals surface area contributed by atoms with E-state index in [0.29, 0.717) is 0 Å². The summed E-state index contributed by atoms with van der Waals surface area (Å²) in [6, 6.07) is 15.6. The fourth-order valence-corrected chi connectivity index (χ4v) is 4.94. The maximum Gasteiger partial charge on any atom is 0.0971 e. The molecule has 1 nitrogen and oxygen atoms in total. The van der Waals surface area contributed by atoms with Crippen LogP contribution < -0.4 is 0 Å². The number of likely N-dealkylation sites (N-methyl/N-ethyl adjacent to an activating group) is 1. The summed E-state index contributed by atoms with van der Waals surface area (Å²) in [5, 5.41) is 0. The summed E-state index contributed by atoms with van der Waals surface area (Å²) in [6.45, 7) is 15.3. The normalized spacial score (nSPS) is 14.3. The molecule has 0 unspecified atom stereocenters. The molecule has 2 aromatic carbocycles. The lowest BCUT2D eigenvalue weighted by Gasteiger charge is -2.35. The van der Waals surface area contributed by atoms with Gasteiger partial charge in [0, 0.05) is 16.2 Å². The average molecular weight is 381 g/mol. The highest BCUT2D eigenvalue weighted by molar-refractivity contribution is 7.99. The highest BCUT2D eigenvalue weighted by Gasteiger charge is 2.23. The second-order valence-corrected chi connectivity index (χ2v) is 8.26. The van der Waals surface area contributed by atoms with Crippen molar-refractivity contribution < 1.29 is 4.48 Å². The molecule has 0 fully saturated rings. The fourth-order valence-electron chi connectivity index (χ4n) is 3.85. The molecule has 27 heavy (non-hydrogen) atoms. The second kappa shape index (κ2) is 9.43. The first-order valence-corrected chi connectivity index (χ1v) is 10.5. The van der Waals surface area contributed by atoms with Crippen LogP contribution >= 0.6 is 11.8 Å². The smallest absolute Gasteiger partial charge is 0.0971 e. The van der Waals surface area contributed by atoms with Crippen LogP contribution in [0, 0.1) is 6.92 Å². The number of quaternary nitrogens is 1. The molecule has 0 radical (unpaired) electrons. The summed E-state index contributed by atoms with van der Waals surface area (Å²) >= 11 is 1.89. The van der Waals surface area contributed by atoms with Crippen molar-refractivity contribution in [3.63, 3.8) is 0 Å². The van der Waals surface area contributed by atoms with Gasteiger partial charge in [0.05, 0.1) is 26.2 Å². The van der Waals surface area contributed by atoms with Crippen LogP contribution in [-0.2, 0) is 0 Å². The van der Waals surface area contributed by atoms with E-state index in [-0.39, 0.29) is 7.43 Å². The molecule has 0 saturated heterocycles. The van der Waals surface area contributed by atoms with Gasteiger partial charge in [0.15, 0.2) is 0 Å². The summed E-state index contributed by atoms with van der Waals surface area (Å²) in [5.41, 5.74) is 5.50. The molecule has 0 saturated carbocycles. The zero-order valence-corrected chi connectivity index (χ0v) is 17.1. The molecule has 0 aromatic heterocycles. The predicted octanol–water partition coefficient (Wildman–Crippen LogP) is 6.96. The third-order valence-corrected chi connectivity index (χ3v) is 6.78. The summed E-state index contributed by atoms with van der Waals surface area (Å²) < 4.78 is 1.12. The Labute approximate surface area is 170 Å². The minimum Gasteiger partial charge on any atom is -0.321 e. The van der Waals surface area contributed by atoms with Crippen LogP contribution in [0.15, 0.2) is 71.0 Å². The molecule has 0 spiro atoms. The topological polar surface area (TPSA) is 0 Å². The Morgan fingerprint density at radius 3 is 2.41 bits per heavy atom. The third kappa shape index (κ3) is 4.56. The van der Waals surface area contributed by atoms with E-state index in [2.05, 4.69) is 82.0 Å². The van der Waals surface area contributed by atoms with Crippen LogP contribution in [0.5, 0.6) is 0 Å². The van der Waals surface area contributed by atoms with Crippen molar-refractivity contribution in [1.29, 1.82) is 0 Å². The largest absolute Gasteiger partial charge is 0.321 e. The van der Waals surface area contributed by atoms with Crippen molar-refractivity contribution in [2.24, 2.45) is 0 Å². The SMILES string of the molecule is C.C=CC[N+](CC)(CC)CC/C=C1/c2ccccc2Sc2ccc(C)cc21. The van der Waals surface area contributed by atoms with Gasteiger partial charge in [-0.05, 0) is 55.7 Å². The van der Waals surface area contributed by atoms with Gasteiger partial charge in [-0.25, -0.2) is 0 Å². The maximum atomic E-state index is 3.97. The van der Waals surface area contributed by atoms with E-state index in [9.17, 15) is 0 Å². The summed E-state index contributed by atoms with van der Waals surface area (Å²) in [5.74, 6) is 0. The van der Waals surface area contributed by atoms with Gasteiger partial charge < -0.3 is 4.48 Å². The van der Waals surface area contributed by atoms with E-state index in [1.807, 2.05) is 11.8 Å². The van der Waals surface area contributed by atoms with Crippen LogP contribution in [0.3, 0.4) is 0 Å². The molecule has 0 bridgehead atoms. The Bertz CT molecular complexity index is 815. The first-order chi connectivity index (χ1) is 12.6. The van der Waals surface area contributed by atoms with Crippen LogP contribution in [-0.4, -0.2) is 30.7 Å². The quantitative estimate of drug-likeness (QED) is 0.315. The lowest BCUT2D eigenvalue weighted by Crippen LogP contribution is -2.48. The molecule has 3 rings (SSSR count). The van der Waals surface area contributed by atoms with Gasteiger partial charge in [-0.2, -0.15) is 0 Å². The fraction of sp³-hybridized carbons (Fsp3) is 0.360. The second-order valence-electron chi connectivity index (χ2n) is 7.17. The number of rotatable bonds is 7. The first kappa shape index (κ1) is 21.5. The lowest BCUT2D eigenvalue weighted by molar-refractivity contribution is -0.919. The molecule has 0 atom stereocenters. The molecule has 1 aliphatic heterocycles. The van der Waals surface area contributed by atoms with Crippen molar-refractivity contribution >= 4 is 17.3 Å². The van der Waals surface area contributed by atoms with Gasteiger partial charge in [-0.15, -0.1) is 0 Å². The first-order valence-electron chi connectivity index (χ1n) is 9.67. The molecular formula is C25H34NS+. The Morgan fingerprint density at radius 1 is 1.00 bits per heavy atom. The van der Waals surface area contributed by atoms with E-state index in [0.717, 1.165) is 30.5 Å². The summed E-state index contributed by atoms with van der Waals surface area (Å²) in [6.07, 6.45) is 5.64. The molecule has 1 heterocycles. The Morgan fingerprint density at radius 2 is 1.70 bits per heavy atom. The van der Waals surface area contributed by atoms with Crippen molar-refractivity contribution in [2.75, 3.05) is 26.2 Å². The van der Waals surface area contributed by atoms with Crippen LogP contribution in [0.25, 0.3) is 5.57 Å².